The van der Waals surface area contributed by atoms with Gasteiger partial charge < -0.3 is 9.47 Å². The number of amides is 1. The lowest BCUT2D eigenvalue weighted by Gasteiger charge is -2.28. The third kappa shape index (κ3) is 3.95. The van der Waals surface area contributed by atoms with Crippen LogP contribution >= 0.6 is 27.5 Å². The van der Waals surface area contributed by atoms with E-state index < -0.39 is 0 Å². The molecule has 120 valence electrons. The molecule has 3 rings (SSSR count). The van der Waals surface area contributed by atoms with Gasteiger partial charge in [0.05, 0.1) is 6.61 Å². The van der Waals surface area contributed by atoms with Gasteiger partial charge in [0.15, 0.2) is 18.2 Å². The van der Waals surface area contributed by atoms with Gasteiger partial charge in [-0.15, -0.1) is 0 Å². The van der Waals surface area contributed by atoms with Crippen LogP contribution in [0.3, 0.4) is 0 Å². The van der Waals surface area contributed by atoms with Gasteiger partial charge in [-0.25, -0.2) is 4.98 Å². The molecule has 0 N–H and O–H groups in total. The average Bonchev–Trinajstić information content (AvgIpc) is 2.55. The lowest BCUT2D eigenvalue weighted by molar-refractivity contribution is -0.121. The number of ether oxygens (including phenoxy) is 2. The summed E-state index contributed by atoms with van der Waals surface area (Å²) in [6.45, 7) is 1.05. The topological polar surface area (TPSA) is 51.7 Å². The molecule has 23 heavy (non-hydrogen) atoms. The van der Waals surface area contributed by atoms with Crippen LogP contribution in [0.1, 0.15) is 6.42 Å². The third-order valence-corrected chi connectivity index (χ3v) is 4.02. The molecule has 0 saturated heterocycles. The summed E-state index contributed by atoms with van der Waals surface area (Å²) in [5.74, 6) is 1.81. The van der Waals surface area contributed by atoms with Gasteiger partial charge in [0.2, 0.25) is 0 Å². The van der Waals surface area contributed by atoms with Crippen molar-refractivity contribution in [1.82, 2.24) is 4.98 Å². The number of carbonyl (C=O) groups is 1. The zero-order valence-corrected chi connectivity index (χ0v) is 14.5. The second kappa shape index (κ2) is 7.19. The van der Waals surface area contributed by atoms with E-state index in [-0.39, 0.29) is 12.5 Å². The number of hydrogen-bond acceptors (Lipinski definition) is 4. The molecule has 1 aliphatic rings. The Kier molecular flexibility index (Phi) is 5.03. The lowest BCUT2D eigenvalue weighted by Crippen LogP contribution is -2.40. The zero-order chi connectivity index (χ0) is 16.2. The van der Waals surface area contributed by atoms with Gasteiger partial charge in [-0.05, 0) is 58.7 Å². The fourth-order valence-electron chi connectivity index (χ4n) is 2.23. The van der Waals surface area contributed by atoms with E-state index in [1.807, 2.05) is 12.1 Å². The number of pyridine rings is 1. The van der Waals surface area contributed by atoms with Crippen LogP contribution in [0, 0.1) is 0 Å². The standard InChI is InChI=1S/C16H14BrClN2O3/c17-14-7-6-13-16(19-14)20(15(21)10-23-13)8-1-9-22-12-4-2-11(18)3-5-12/h2-7H,1,8-10H2. The number of anilines is 1. The number of halogens is 2. The van der Waals surface area contributed by atoms with Crippen molar-refractivity contribution in [2.45, 2.75) is 6.42 Å². The monoisotopic (exact) mass is 396 g/mol. The molecule has 0 unspecified atom stereocenters. The van der Waals surface area contributed by atoms with E-state index in [0.29, 0.717) is 40.8 Å². The molecule has 0 aliphatic carbocycles. The average molecular weight is 398 g/mol. The maximum Gasteiger partial charge on any atom is 0.266 e. The van der Waals surface area contributed by atoms with Crippen molar-refractivity contribution < 1.29 is 14.3 Å². The summed E-state index contributed by atoms with van der Waals surface area (Å²) in [7, 11) is 0. The van der Waals surface area contributed by atoms with Crippen LogP contribution < -0.4 is 14.4 Å². The molecular formula is C16H14BrClN2O3. The highest BCUT2D eigenvalue weighted by Gasteiger charge is 2.26. The second-order valence-corrected chi connectivity index (χ2v) is 6.19. The van der Waals surface area contributed by atoms with Crippen molar-refractivity contribution >= 4 is 39.3 Å². The van der Waals surface area contributed by atoms with Gasteiger partial charge in [-0.1, -0.05) is 11.6 Å². The van der Waals surface area contributed by atoms with Crippen molar-refractivity contribution in [3.8, 4) is 11.5 Å². The number of nitrogens with zero attached hydrogens (tertiary/aromatic N) is 2. The van der Waals surface area contributed by atoms with Crippen LogP contribution in [0.5, 0.6) is 11.5 Å². The van der Waals surface area contributed by atoms with Gasteiger partial charge in [0.1, 0.15) is 10.4 Å². The quantitative estimate of drug-likeness (QED) is 0.570. The molecule has 1 amide bonds. The molecule has 7 heteroatoms. The Morgan fingerprint density at radius 1 is 1.26 bits per heavy atom. The van der Waals surface area contributed by atoms with Gasteiger partial charge in [0, 0.05) is 11.6 Å². The molecule has 0 bridgehead atoms. The Morgan fingerprint density at radius 3 is 2.83 bits per heavy atom. The molecule has 0 fully saturated rings. The van der Waals surface area contributed by atoms with E-state index in [1.165, 1.54) is 0 Å². The number of hydrogen-bond donors (Lipinski definition) is 0. The summed E-state index contributed by atoms with van der Waals surface area (Å²) in [5, 5.41) is 0.671. The number of benzene rings is 1. The minimum absolute atomic E-state index is 0.0361. The number of carbonyl (C=O) groups excluding carboxylic acids is 1. The number of aromatic nitrogens is 1. The Hall–Kier alpha value is -1.79. The van der Waals surface area contributed by atoms with E-state index in [0.717, 1.165) is 5.75 Å². The number of fused-ring (bicyclic) bond motifs is 1. The molecule has 2 heterocycles. The molecule has 0 atom stereocenters. The first-order valence-corrected chi connectivity index (χ1v) is 8.28. The van der Waals surface area contributed by atoms with Crippen LogP contribution in [0.2, 0.25) is 5.02 Å². The lowest BCUT2D eigenvalue weighted by atomic mass is 10.3. The van der Waals surface area contributed by atoms with Crippen molar-refractivity contribution in [3.63, 3.8) is 0 Å². The highest BCUT2D eigenvalue weighted by atomic mass is 79.9. The summed E-state index contributed by atoms with van der Waals surface area (Å²) in [5.41, 5.74) is 0. The van der Waals surface area contributed by atoms with E-state index in [2.05, 4.69) is 20.9 Å². The highest BCUT2D eigenvalue weighted by Crippen LogP contribution is 2.31. The largest absolute Gasteiger partial charge is 0.494 e. The highest BCUT2D eigenvalue weighted by molar-refractivity contribution is 9.10. The fraction of sp³-hybridized carbons (Fsp3) is 0.250. The van der Waals surface area contributed by atoms with E-state index in [9.17, 15) is 4.79 Å². The van der Waals surface area contributed by atoms with Crippen molar-refractivity contribution in [2.75, 3.05) is 24.7 Å². The summed E-state index contributed by atoms with van der Waals surface area (Å²) >= 11 is 9.14. The number of rotatable bonds is 5. The molecule has 2 aromatic rings. The molecular weight excluding hydrogens is 384 g/mol. The minimum atomic E-state index is -0.102. The smallest absolute Gasteiger partial charge is 0.266 e. The Balaban J connectivity index is 1.58. The summed E-state index contributed by atoms with van der Waals surface area (Å²) in [6, 6.07) is 10.8. The van der Waals surface area contributed by atoms with Crippen molar-refractivity contribution in [2.24, 2.45) is 0 Å². The maximum absolute atomic E-state index is 12.1. The van der Waals surface area contributed by atoms with Gasteiger partial charge in [0.25, 0.3) is 5.91 Å². The first kappa shape index (κ1) is 16.1. The van der Waals surface area contributed by atoms with Crippen molar-refractivity contribution in [3.05, 3.63) is 46.0 Å². The predicted molar refractivity (Wildman–Crippen MR) is 91.3 cm³/mol. The Labute approximate surface area is 147 Å². The molecule has 1 aromatic carbocycles. The fourth-order valence-corrected chi connectivity index (χ4v) is 2.65. The molecule has 0 radical (unpaired) electrons. The predicted octanol–water partition coefficient (Wildman–Crippen LogP) is 3.69. The summed E-state index contributed by atoms with van der Waals surface area (Å²) < 4.78 is 11.7. The normalized spacial score (nSPS) is 13.5. The SMILES string of the molecule is O=C1COc2ccc(Br)nc2N1CCCOc1ccc(Cl)cc1. The molecule has 1 aromatic heterocycles. The van der Waals surface area contributed by atoms with Crippen LogP contribution in [0.25, 0.3) is 0 Å². The molecule has 5 nitrogen and oxygen atoms in total. The molecule has 0 spiro atoms. The molecule has 0 saturated carbocycles. The van der Waals surface area contributed by atoms with E-state index in [1.54, 1.807) is 29.2 Å². The van der Waals surface area contributed by atoms with Crippen molar-refractivity contribution in [1.29, 1.82) is 0 Å². The zero-order valence-electron chi connectivity index (χ0n) is 12.2. The maximum atomic E-state index is 12.1. The minimum Gasteiger partial charge on any atom is -0.494 e. The van der Waals surface area contributed by atoms with Gasteiger partial charge in [-0.3, -0.25) is 9.69 Å². The van der Waals surface area contributed by atoms with Crippen LogP contribution in [0.4, 0.5) is 5.82 Å². The van der Waals surface area contributed by atoms with Gasteiger partial charge >= 0.3 is 0 Å². The first-order valence-electron chi connectivity index (χ1n) is 7.11. The summed E-state index contributed by atoms with van der Waals surface area (Å²) in [4.78, 5) is 18.0. The van der Waals surface area contributed by atoms with E-state index >= 15 is 0 Å². The third-order valence-electron chi connectivity index (χ3n) is 3.32. The van der Waals surface area contributed by atoms with Gasteiger partial charge in [-0.2, -0.15) is 0 Å². The Bertz CT molecular complexity index is 709. The van der Waals surface area contributed by atoms with Crippen LogP contribution in [-0.4, -0.2) is 30.6 Å². The van der Waals surface area contributed by atoms with Crippen LogP contribution in [0.15, 0.2) is 41.0 Å². The Morgan fingerprint density at radius 2 is 2.04 bits per heavy atom. The first-order chi connectivity index (χ1) is 11.1. The van der Waals surface area contributed by atoms with Crippen LogP contribution in [-0.2, 0) is 4.79 Å². The van der Waals surface area contributed by atoms with E-state index in [4.69, 9.17) is 21.1 Å². The molecule has 1 aliphatic heterocycles. The second-order valence-electron chi connectivity index (χ2n) is 4.95. The summed E-state index contributed by atoms with van der Waals surface area (Å²) in [6.07, 6.45) is 0.683.